The second-order valence-electron chi connectivity index (χ2n) is 5.96. The van der Waals surface area contributed by atoms with Gasteiger partial charge in [0.15, 0.2) is 0 Å². The van der Waals surface area contributed by atoms with Gasteiger partial charge in [0, 0.05) is 6.20 Å². The van der Waals surface area contributed by atoms with Crippen molar-refractivity contribution in [3.8, 4) is 11.5 Å². The molecule has 0 aliphatic rings. The van der Waals surface area contributed by atoms with Crippen molar-refractivity contribution in [2.24, 2.45) is 0 Å². The van der Waals surface area contributed by atoms with E-state index in [1.165, 1.54) is 60.0 Å². The molecule has 2 aromatic carbocycles. The van der Waals surface area contributed by atoms with Gasteiger partial charge in [0.2, 0.25) is 0 Å². The molecule has 1 amide bonds. The van der Waals surface area contributed by atoms with Gasteiger partial charge in [0.25, 0.3) is 15.9 Å². The average Bonchev–Trinajstić information content (AvgIpc) is 3.18. The van der Waals surface area contributed by atoms with Crippen LogP contribution in [0, 0.1) is 5.82 Å². The van der Waals surface area contributed by atoms with Crippen LogP contribution in [-0.4, -0.2) is 19.3 Å². The molecule has 0 unspecified atom stereocenters. The van der Waals surface area contributed by atoms with Crippen LogP contribution in [0.2, 0.25) is 0 Å². The molecule has 0 saturated heterocycles. The summed E-state index contributed by atoms with van der Waals surface area (Å²) >= 11 is 1.35. The topological polar surface area (TPSA) is 85.4 Å². The summed E-state index contributed by atoms with van der Waals surface area (Å²) in [4.78, 5) is 16.6. The van der Waals surface area contributed by atoms with Crippen LogP contribution in [0.4, 0.5) is 4.39 Å². The monoisotopic (exact) mass is 428 g/mol. The van der Waals surface area contributed by atoms with Gasteiger partial charge in [-0.15, -0.1) is 11.3 Å². The van der Waals surface area contributed by atoms with Crippen LogP contribution in [0.25, 0.3) is 10.2 Å². The predicted octanol–water partition coefficient (Wildman–Crippen LogP) is 4.35. The smallest absolute Gasteiger partial charge is 0.268 e. The van der Waals surface area contributed by atoms with Gasteiger partial charge in [-0.3, -0.25) is 9.78 Å². The minimum Gasteiger partial charge on any atom is -0.457 e. The summed E-state index contributed by atoms with van der Waals surface area (Å²) in [5.74, 6) is -0.833. The van der Waals surface area contributed by atoms with Gasteiger partial charge >= 0.3 is 0 Å². The number of para-hydroxylation sites is 1. The second kappa shape index (κ2) is 7.61. The van der Waals surface area contributed by atoms with Crippen molar-refractivity contribution in [2.75, 3.05) is 0 Å². The number of nitrogens with zero attached hydrogens (tertiary/aromatic N) is 1. The molecule has 0 saturated carbocycles. The summed E-state index contributed by atoms with van der Waals surface area (Å²) in [6, 6.07) is 14.7. The predicted molar refractivity (Wildman–Crippen MR) is 107 cm³/mol. The van der Waals surface area contributed by atoms with E-state index in [4.69, 9.17) is 4.74 Å². The number of halogens is 1. The van der Waals surface area contributed by atoms with Crippen LogP contribution in [0.5, 0.6) is 11.5 Å². The maximum atomic E-state index is 13.1. The van der Waals surface area contributed by atoms with Gasteiger partial charge < -0.3 is 4.74 Å². The zero-order valence-electron chi connectivity index (χ0n) is 14.7. The number of hydrogen-bond acceptors (Lipinski definition) is 6. The van der Waals surface area contributed by atoms with Gasteiger partial charge in [-0.2, -0.15) is 0 Å². The largest absolute Gasteiger partial charge is 0.457 e. The Kier molecular flexibility index (Phi) is 4.99. The number of pyridine rings is 1. The van der Waals surface area contributed by atoms with Crippen molar-refractivity contribution in [3.63, 3.8) is 0 Å². The number of aromatic nitrogens is 1. The summed E-state index contributed by atoms with van der Waals surface area (Å²) in [6.07, 6.45) is 1.20. The Morgan fingerprint density at radius 2 is 1.83 bits per heavy atom. The summed E-state index contributed by atoms with van der Waals surface area (Å²) in [7, 11) is -4.13. The molecular weight excluding hydrogens is 415 g/mol. The minimum absolute atomic E-state index is 0.0190. The SMILES string of the molecule is O=C(NS(=O)(=O)c1cnc2ccsc2c1)c1ccccc1Oc1ccc(F)cc1. The first-order chi connectivity index (χ1) is 13.9. The number of nitrogens with one attached hydrogen (secondary N) is 1. The highest BCUT2D eigenvalue weighted by Crippen LogP contribution is 2.26. The quantitative estimate of drug-likeness (QED) is 0.511. The lowest BCUT2D eigenvalue weighted by atomic mass is 10.2. The lowest BCUT2D eigenvalue weighted by molar-refractivity contribution is 0.0979. The van der Waals surface area contributed by atoms with Gasteiger partial charge in [0.1, 0.15) is 22.2 Å². The fraction of sp³-hybridized carbons (Fsp3) is 0. The van der Waals surface area contributed by atoms with E-state index >= 15 is 0 Å². The molecule has 29 heavy (non-hydrogen) atoms. The Labute approximate surface area is 169 Å². The molecule has 2 aromatic heterocycles. The molecule has 0 spiro atoms. The molecule has 2 heterocycles. The number of thiophene rings is 1. The number of amides is 1. The average molecular weight is 428 g/mol. The third-order valence-corrected chi connectivity index (χ3v) is 6.14. The van der Waals surface area contributed by atoms with Crippen molar-refractivity contribution in [1.29, 1.82) is 0 Å². The van der Waals surface area contributed by atoms with Crippen LogP contribution in [0.15, 0.2) is 77.1 Å². The Balaban J connectivity index is 1.60. The summed E-state index contributed by atoms with van der Waals surface area (Å²) in [5.41, 5.74) is 0.698. The Bertz CT molecular complexity index is 1300. The molecule has 0 aliphatic carbocycles. The molecule has 146 valence electrons. The van der Waals surface area contributed by atoms with Crippen molar-refractivity contribution >= 4 is 37.5 Å². The van der Waals surface area contributed by atoms with Gasteiger partial charge in [0.05, 0.1) is 15.8 Å². The highest BCUT2D eigenvalue weighted by Gasteiger charge is 2.22. The third-order valence-electron chi connectivity index (χ3n) is 3.99. The van der Waals surface area contributed by atoms with Crippen LogP contribution < -0.4 is 9.46 Å². The fourth-order valence-corrected chi connectivity index (χ4v) is 4.38. The molecule has 6 nitrogen and oxygen atoms in total. The molecule has 4 rings (SSSR count). The maximum Gasteiger partial charge on any atom is 0.268 e. The van der Waals surface area contributed by atoms with Crippen LogP contribution in [-0.2, 0) is 10.0 Å². The zero-order chi connectivity index (χ0) is 20.4. The minimum atomic E-state index is -4.13. The van der Waals surface area contributed by atoms with E-state index in [1.807, 2.05) is 4.72 Å². The van der Waals surface area contributed by atoms with E-state index in [9.17, 15) is 17.6 Å². The van der Waals surface area contributed by atoms with E-state index < -0.39 is 21.7 Å². The first kappa shape index (κ1) is 19.0. The van der Waals surface area contributed by atoms with E-state index in [1.54, 1.807) is 23.6 Å². The molecule has 4 aromatic rings. The highest BCUT2D eigenvalue weighted by molar-refractivity contribution is 7.90. The summed E-state index contributed by atoms with van der Waals surface area (Å²) in [6.45, 7) is 0. The second-order valence-corrected chi connectivity index (χ2v) is 8.59. The molecule has 0 radical (unpaired) electrons. The molecule has 1 N–H and O–H groups in total. The van der Waals surface area contributed by atoms with Crippen molar-refractivity contribution in [2.45, 2.75) is 4.90 Å². The van der Waals surface area contributed by atoms with Crippen molar-refractivity contribution < 1.29 is 22.3 Å². The summed E-state index contributed by atoms with van der Waals surface area (Å²) < 4.78 is 46.7. The third kappa shape index (κ3) is 4.10. The Morgan fingerprint density at radius 3 is 2.62 bits per heavy atom. The number of rotatable bonds is 5. The van der Waals surface area contributed by atoms with E-state index in [0.717, 1.165) is 0 Å². The molecule has 0 aliphatic heterocycles. The first-order valence-corrected chi connectivity index (χ1v) is 10.7. The first-order valence-electron chi connectivity index (χ1n) is 8.35. The number of carbonyl (C=O) groups is 1. The van der Waals surface area contributed by atoms with Crippen LogP contribution in [0.3, 0.4) is 0 Å². The summed E-state index contributed by atoms with van der Waals surface area (Å²) in [5, 5.41) is 1.80. The number of ether oxygens (including phenoxy) is 1. The molecule has 9 heteroatoms. The van der Waals surface area contributed by atoms with Crippen LogP contribution >= 0.6 is 11.3 Å². The molecule has 0 fully saturated rings. The number of hydrogen-bond donors (Lipinski definition) is 1. The highest BCUT2D eigenvalue weighted by atomic mass is 32.2. The maximum absolute atomic E-state index is 13.1. The van der Waals surface area contributed by atoms with E-state index in [-0.39, 0.29) is 16.2 Å². The molecule has 0 bridgehead atoms. The number of sulfonamides is 1. The Hall–Kier alpha value is -3.30. The number of benzene rings is 2. The van der Waals surface area contributed by atoms with Gasteiger partial charge in [-0.05, 0) is 53.9 Å². The lowest BCUT2D eigenvalue weighted by Gasteiger charge is -2.12. The Morgan fingerprint density at radius 1 is 1.07 bits per heavy atom. The van der Waals surface area contributed by atoms with E-state index in [2.05, 4.69) is 4.98 Å². The zero-order valence-corrected chi connectivity index (χ0v) is 16.3. The van der Waals surface area contributed by atoms with Crippen LogP contribution in [0.1, 0.15) is 10.4 Å². The number of fused-ring (bicyclic) bond motifs is 1. The molecule has 0 atom stereocenters. The number of carbonyl (C=O) groups excluding carboxylic acids is 1. The normalized spacial score (nSPS) is 11.3. The van der Waals surface area contributed by atoms with Gasteiger partial charge in [-0.25, -0.2) is 17.5 Å². The van der Waals surface area contributed by atoms with Crippen molar-refractivity contribution in [1.82, 2.24) is 9.71 Å². The fourth-order valence-electron chi connectivity index (χ4n) is 2.58. The molecular formula is C20H13FN2O4S2. The van der Waals surface area contributed by atoms with Gasteiger partial charge in [-0.1, -0.05) is 12.1 Å². The lowest BCUT2D eigenvalue weighted by Crippen LogP contribution is -2.30. The van der Waals surface area contributed by atoms with Crippen molar-refractivity contribution in [3.05, 3.63) is 83.6 Å². The van der Waals surface area contributed by atoms with E-state index in [0.29, 0.717) is 16.0 Å². The standard InChI is InChI=1S/C20H13FN2O4S2/c21-13-5-7-14(8-6-13)27-18-4-2-1-3-16(18)20(24)23-29(25,26)15-11-19-17(22-12-15)9-10-28-19/h1-12H,(H,23,24).